The third kappa shape index (κ3) is 6.02. The van der Waals surface area contributed by atoms with Crippen molar-refractivity contribution < 1.29 is 14.3 Å². The highest BCUT2D eigenvalue weighted by Gasteiger charge is 2.26. The SMILES string of the molecule is C=CC(=O)NCCc1cccc(Nc2nc(-c3cccc(-n4cnc5cc(C6CC6)cc(F)c5c4=O)c3CO)cn(C)c2=O)c1. The molecule has 2 aromatic heterocycles. The predicted octanol–water partition coefficient (Wildman–Crippen LogP) is 4.24. The monoisotopic (exact) mass is 606 g/mol. The molecule has 2 heterocycles. The fraction of sp³-hybridized carbons (Fsp3) is 0.206. The molecule has 6 rings (SSSR count). The number of hydrogen-bond donors (Lipinski definition) is 3. The number of carbonyl (C=O) groups is 1. The molecule has 0 aliphatic heterocycles. The minimum atomic E-state index is -0.621. The van der Waals surface area contributed by atoms with Crippen molar-refractivity contribution in [3.05, 3.63) is 123 Å². The largest absolute Gasteiger partial charge is 0.392 e. The molecule has 0 unspecified atom stereocenters. The van der Waals surface area contributed by atoms with Crippen molar-refractivity contribution in [2.75, 3.05) is 11.9 Å². The minimum Gasteiger partial charge on any atom is -0.392 e. The van der Waals surface area contributed by atoms with Gasteiger partial charge in [0.05, 0.1) is 23.5 Å². The van der Waals surface area contributed by atoms with Crippen molar-refractivity contribution >= 4 is 28.3 Å². The van der Waals surface area contributed by atoms with E-state index in [-0.39, 0.29) is 22.7 Å². The fourth-order valence-corrected chi connectivity index (χ4v) is 5.41. The van der Waals surface area contributed by atoms with Crippen molar-refractivity contribution in [3.63, 3.8) is 0 Å². The van der Waals surface area contributed by atoms with Gasteiger partial charge in [-0.3, -0.25) is 19.0 Å². The van der Waals surface area contributed by atoms with Crippen molar-refractivity contribution in [2.45, 2.75) is 31.8 Å². The number of fused-ring (bicyclic) bond motifs is 1. The second kappa shape index (κ2) is 12.3. The number of anilines is 2. The molecule has 1 saturated carbocycles. The number of carbonyl (C=O) groups excluding carboxylic acids is 1. The van der Waals surface area contributed by atoms with E-state index >= 15 is 4.39 Å². The van der Waals surface area contributed by atoms with Crippen molar-refractivity contribution in [1.82, 2.24) is 24.4 Å². The number of nitrogens with zero attached hydrogens (tertiary/aromatic N) is 4. The Hall–Kier alpha value is -5.42. The van der Waals surface area contributed by atoms with E-state index in [4.69, 9.17) is 0 Å². The average molecular weight is 607 g/mol. The molecule has 45 heavy (non-hydrogen) atoms. The van der Waals surface area contributed by atoms with Crippen LogP contribution in [0.5, 0.6) is 0 Å². The first-order valence-corrected chi connectivity index (χ1v) is 14.6. The Labute approximate surface area is 257 Å². The Morgan fingerprint density at radius 1 is 1.13 bits per heavy atom. The Balaban J connectivity index is 1.36. The third-order valence-corrected chi connectivity index (χ3v) is 7.89. The van der Waals surface area contributed by atoms with Crippen LogP contribution in [0.1, 0.15) is 35.4 Å². The van der Waals surface area contributed by atoms with Crippen LogP contribution in [0.4, 0.5) is 15.9 Å². The van der Waals surface area contributed by atoms with Gasteiger partial charge in [-0.2, -0.15) is 0 Å². The molecular weight excluding hydrogens is 575 g/mol. The van der Waals surface area contributed by atoms with Crippen LogP contribution in [-0.4, -0.2) is 36.7 Å². The van der Waals surface area contributed by atoms with Gasteiger partial charge >= 0.3 is 0 Å². The molecule has 0 atom stereocenters. The predicted molar refractivity (Wildman–Crippen MR) is 170 cm³/mol. The van der Waals surface area contributed by atoms with E-state index in [0.29, 0.717) is 52.6 Å². The van der Waals surface area contributed by atoms with Gasteiger partial charge in [0, 0.05) is 36.6 Å². The topological polar surface area (TPSA) is 131 Å². The van der Waals surface area contributed by atoms with Crippen molar-refractivity contribution in [1.29, 1.82) is 0 Å². The summed E-state index contributed by atoms with van der Waals surface area (Å²) in [6.07, 6.45) is 6.66. The van der Waals surface area contributed by atoms with Gasteiger partial charge < -0.3 is 20.3 Å². The van der Waals surface area contributed by atoms with E-state index in [1.165, 1.54) is 27.6 Å². The molecule has 0 bridgehead atoms. The standard InChI is InChI=1S/C34H31FN6O4/c1-3-30(43)36-13-12-20-6-4-7-23(14-20)38-32-34(45)40(2)17-28(39-32)24-8-5-9-29(25(24)18-42)41-19-37-27-16-22(21-10-11-21)15-26(35)31(27)33(41)44/h3-9,14-17,19,21,42H,1,10-13,18H2,2H3,(H,36,43)(H,38,39). The molecule has 228 valence electrons. The van der Waals surface area contributed by atoms with Gasteiger partial charge in [-0.15, -0.1) is 0 Å². The zero-order valence-corrected chi connectivity index (χ0v) is 24.6. The zero-order valence-electron chi connectivity index (χ0n) is 24.6. The molecular formula is C34H31FN6O4. The van der Waals surface area contributed by atoms with E-state index in [0.717, 1.165) is 24.0 Å². The summed E-state index contributed by atoms with van der Waals surface area (Å²) in [6.45, 7) is 3.41. The molecule has 0 spiro atoms. The molecule has 11 heteroatoms. The third-order valence-electron chi connectivity index (χ3n) is 7.89. The lowest BCUT2D eigenvalue weighted by Gasteiger charge is -2.16. The van der Waals surface area contributed by atoms with Gasteiger partial charge in [0.15, 0.2) is 5.82 Å². The van der Waals surface area contributed by atoms with Gasteiger partial charge in [0.1, 0.15) is 17.5 Å². The van der Waals surface area contributed by atoms with Crippen LogP contribution in [-0.2, 0) is 24.9 Å². The lowest BCUT2D eigenvalue weighted by Crippen LogP contribution is -2.23. The molecule has 1 fully saturated rings. The van der Waals surface area contributed by atoms with Gasteiger partial charge in [-0.1, -0.05) is 30.8 Å². The Bertz CT molecular complexity index is 2080. The van der Waals surface area contributed by atoms with Crippen LogP contribution in [0.3, 0.4) is 0 Å². The summed E-state index contributed by atoms with van der Waals surface area (Å²) >= 11 is 0. The highest BCUT2D eigenvalue weighted by atomic mass is 19.1. The van der Waals surface area contributed by atoms with Crippen LogP contribution < -0.4 is 21.8 Å². The van der Waals surface area contributed by atoms with Crippen LogP contribution in [0, 0.1) is 5.82 Å². The summed E-state index contributed by atoms with van der Waals surface area (Å²) in [5.41, 5.74) is 3.26. The summed E-state index contributed by atoms with van der Waals surface area (Å²) in [5.74, 6) is -0.514. The van der Waals surface area contributed by atoms with Gasteiger partial charge in [0.25, 0.3) is 11.1 Å². The van der Waals surface area contributed by atoms with E-state index in [9.17, 15) is 19.5 Å². The quantitative estimate of drug-likeness (QED) is 0.203. The number of halogens is 1. The number of aryl methyl sites for hydroxylation is 1. The van der Waals surface area contributed by atoms with Crippen LogP contribution in [0.25, 0.3) is 27.8 Å². The molecule has 3 aromatic carbocycles. The van der Waals surface area contributed by atoms with E-state index in [1.807, 2.05) is 18.2 Å². The van der Waals surface area contributed by atoms with E-state index < -0.39 is 18.0 Å². The highest BCUT2D eigenvalue weighted by Crippen LogP contribution is 2.41. The number of nitrogens with one attached hydrogen (secondary N) is 2. The first kappa shape index (κ1) is 29.6. The summed E-state index contributed by atoms with van der Waals surface area (Å²) in [7, 11) is 1.59. The molecule has 10 nitrogen and oxygen atoms in total. The summed E-state index contributed by atoms with van der Waals surface area (Å²) in [4.78, 5) is 47.1. The second-order valence-electron chi connectivity index (χ2n) is 11.0. The number of aromatic nitrogens is 4. The Morgan fingerprint density at radius 2 is 1.93 bits per heavy atom. The molecule has 1 amide bonds. The van der Waals surface area contributed by atoms with Gasteiger partial charge in [-0.05, 0) is 72.7 Å². The normalized spacial score (nSPS) is 12.7. The minimum absolute atomic E-state index is 0.0551. The first-order chi connectivity index (χ1) is 21.8. The lowest BCUT2D eigenvalue weighted by atomic mass is 10.0. The number of benzene rings is 3. The smallest absolute Gasteiger partial charge is 0.293 e. The molecule has 1 aliphatic rings. The maximum atomic E-state index is 15.2. The van der Waals surface area contributed by atoms with Crippen molar-refractivity contribution in [3.8, 4) is 16.9 Å². The highest BCUT2D eigenvalue weighted by molar-refractivity contribution is 5.86. The number of hydrogen-bond acceptors (Lipinski definition) is 7. The maximum Gasteiger partial charge on any atom is 0.293 e. The van der Waals surface area contributed by atoms with Gasteiger partial charge in [0.2, 0.25) is 5.91 Å². The molecule has 0 radical (unpaired) electrons. The Kier molecular flexibility index (Phi) is 8.10. The van der Waals surface area contributed by atoms with Crippen LogP contribution in [0.2, 0.25) is 0 Å². The summed E-state index contributed by atoms with van der Waals surface area (Å²) < 4.78 is 17.8. The van der Waals surface area contributed by atoms with Gasteiger partial charge in [-0.25, -0.2) is 14.4 Å². The second-order valence-corrected chi connectivity index (χ2v) is 11.0. The maximum absolute atomic E-state index is 15.2. The zero-order chi connectivity index (χ0) is 31.7. The molecule has 3 N–H and O–H groups in total. The number of aliphatic hydroxyl groups excluding tert-OH is 1. The first-order valence-electron chi connectivity index (χ1n) is 14.6. The lowest BCUT2D eigenvalue weighted by molar-refractivity contribution is -0.116. The molecule has 1 aliphatic carbocycles. The Morgan fingerprint density at radius 3 is 2.69 bits per heavy atom. The van der Waals surface area contributed by atoms with Crippen LogP contribution in [0.15, 0.2) is 89.4 Å². The van der Waals surface area contributed by atoms with E-state index in [2.05, 4.69) is 27.2 Å². The molecule has 5 aromatic rings. The van der Waals surface area contributed by atoms with E-state index in [1.54, 1.807) is 43.6 Å². The van der Waals surface area contributed by atoms with Crippen LogP contribution >= 0.6 is 0 Å². The summed E-state index contributed by atoms with van der Waals surface area (Å²) in [5, 5.41) is 16.2. The fourth-order valence-electron chi connectivity index (χ4n) is 5.41. The average Bonchev–Trinajstić information content (AvgIpc) is 3.89. The number of rotatable bonds is 10. The number of amides is 1. The van der Waals surface area contributed by atoms with Crippen molar-refractivity contribution in [2.24, 2.45) is 7.05 Å². The number of aliphatic hydroxyl groups is 1. The summed E-state index contributed by atoms with van der Waals surface area (Å²) in [6, 6.07) is 15.6. The molecule has 0 saturated heterocycles.